The lowest BCUT2D eigenvalue weighted by Crippen LogP contribution is -2.47. The highest BCUT2D eigenvalue weighted by atomic mass is 16.5. The standard InChI is InChI=1S/C15H28N2O3/c1-3-20-14(18)12-4-7-15(19,8-5-12)11-16-13-6-9-17(2)10-13/h12-13,16,19H,3-11H2,1-2H3. The van der Waals surface area contributed by atoms with Gasteiger partial charge in [0, 0.05) is 19.1 Å². The molecule has 0 spiro atoms. The van der Waals surface area contributed by atoms with Crippen molar-refractivity contribution >= 4 is 5.97 Å². The molecular weight excluding hydrogens is 256 g/mol. The molecule has 0 bridgehead atoms. The van der Waals surface area contributed by atoms with Gasteiger partial charge in [-0.05, 0) is 52.6 Å². The van der Waals surface area contributed by atoms with Crippen LogP contribution in [0.25, 0.3) is 0 Å². The van der Waals surface area contributed by atoms with Crippen LogP contribution in [-0.4, -0.2) is 60.9 Å². The lowest BCUT2D eigenvalue weighted by Gasteiger charge is -2.36. The summed E-state index contributed by atoms with van der Waals surface area (Å²) in [5.74, 6) is -0.118. The van der Waals surface area contributed by atoms with Crippen LogP contribution in [0.2, 0.25) is 0 Å². The molecule has 1 heterocycles. The number of aliphatic hydroxyl groups is 1. The van der Waals surface area contributed by atoms with Gasteiger partial charge in [-0.25, -0.2) is 0 Å². The second kappa shape index (κ2) is 6.87. The van der Waals surface area contributed by atoms with Crippen LogP contribution in [0.15, 0.2) is 0 Å². The van der Waals surface area contributed by atoms with Gasteiger partial charge in [0.1, 0.15) is 0 Å². The Balaban J connectivity index is 1.72. The van der Waals surface area contributed by atoms with E-state index in [0.29, 0.717) is 32.0 Å². The van der Waals surface area contributed by atoms with E-state index >= 15 is 0 Å². The Kier molecular flexibility index (Phi) is 5.41. The van der Waals surface area contributed by atoms with Gasteiger partial charge in [0.05, 0.1) is 18.1 Å². The molecule has 116 valence electrons. The number of nitrogens with zero attached hydrogens (tertiary/aromatic N) is 1. The Morgan fingerprint density at radius 2 is 2.10 bits per heavy atom. The lowest BCUT2D eigenvalue weighted by atomic mass is 9.78. The minimum atomic E-state index is -0.649. The van der Waals surface area contributed by atoms with Crippen LogP contribution < -0.4 is 5.32 Å². The first kappa shape index (κ1) is 15.7. The summed E-state index contributed by atoms with van der Waals surface area (Å²) < 4.78 is 5.06. The average molecular weight is 284 g/mol. The topological polar surface area (TPSA) is 61.8 Å². The summed E-state index contributed by atoms with van der Waals surface area (Å²) in [5.41, 5.74) is -0.649. The molecule has 20 heavy (non-hydrogen) atoms. The molecule has 2 rings (SSSR count). The zero-order valence-corrected chi connectivity index (χ0v) is 12.7. The number of hydrogen-bond donors (Lipinski definition) is 2. The van der Waals surface area contributed by atoms with E-state index in [1.807, 2.05) is 6.92 Å². The zero-order chi connectivity index (χ0) is 14.6. The molecule has 0 aromatic rings. The maximum Gasteiger partial charge on any atom is 0.308 e. The van der Waals surface area contributed by atoms with Crippen molar-refractivity contribution < 1.29 is 14.6 Å². The average Bonchev–Trinajstić information content (AvgIpc) is 2.84. The minimum absolute atomic E-state index is 0.0205. The van der Waals surface area contributed by atoms with Gasteiger partial charge in [0.2, 0.25) is 0 Å². The van der Waals surface area contributed by atoms with E-state index in [1.165, 1.54) is 0 Å². The Morgan fingerprint density at radius 3 is 2.65 bits per heavy atom. The van der Waals surface area contributed by atoms with Gasteiger partial charge in [0.25, 0.3) is 0 Å². The molecule has 1 unspecified atom stereocenters. The smallest absolute Gasteiger partial charge is 0.308 e. The van der Waals surface area contributed by atoms with Gasteiger partial charge in [-0.1, -0.05) is 0 Å². The molecule has 1 saturated carbocycles. The van der Waals surface area contributed by atoms with Gasteiger partial charge in [-0.3, -0.25) is 4.79 Å². The number of likely N-dealkylation sites (N-methyl/N-ethyl adjacent to an activating group) is 1. The minimum Gasteiger partial charge on any atom is -0.466 e. The molecule has 1 saturated heterocycles. The third-order valence-electron chi connectivity index (χ3n) is 4.65. The molecule has 1 aliphatic carbocycles. The van der Waals surface area contributed by atoms with E-state index in [1.54, 1.807) is 0 Å². The Bertz CT molecular complexity index is 327. The molecule has 2 aliphatic rings. The number of hydrogen-bond acceptors (Lipinski definition) is 5. The highest BCUT2D eigenvalue weighted by Gasteiger charge is 2.36. The summed E-state index contributed by atoms with van der Waals surface area (Å²) in [4.78, 5) is 14.0. The van der Waals surface area contributed by atoms with Crippen molar-refractivity contribution in [2.45, 2.75) is 50.7 Å². The Hall–Kier alpha value is -0.650. The largest absolute Gasteiger partial charge is 0.466 e. The van der Waals surface area contributed by atoms with Crippen molar-refractivity contribution in [2.75, 3.05) is 33.3 Å². The second-order valence-corrected chi connectivity index (χ2v) is 6.38. The summed E-state index contributed by atoms with van der Waals surface area (Å²) in [5, 5.41) is 14.1. The molecule has 0 radical (unpaired) electrons. The number of esters is 1. The van der Waals surface area contributed by atoms with Crippen LogP contribution in [-0.2, 0) is 9.53 Å². The fourth-order valence-corrected chi connectivity index (χ4v) is 3.26. The van der Waals surface area contributed by atoms with Gasteiger partial charge >= 0.3 is 5.97 Å². The van der Waals surface area contributed by atoms with Crippen LogP contribution in [0.3, 0.4) is 0 Å². The lowest BCUT2D eigenvalue weighted by molar-refractivity contribution is -0.151. The van der Waals surface area contributed by atoms with Crippen LogP contribution in [0.4, 0.5) is 0 Å². The van der Waals surface area contributed by atoms with Crippen LogP contribution in [0.1, 0.15) is 39.0 Å². The number of nitrogens with one attached hydrogen (secondary N) is 1. The molecule has 1 atom stereocenters. The SMILES string of the molecule is CCOC(=O)C1CCC(O)(CNC2CCN(C)C2)CC1. The number of likely N-dealkylation sites (tertiary alicyclic amines) is 1. The first-order valence-corrected chi connectivity index (χ1v) is 7.83. The van der Waals surface area contributed by atoms with E-state index in [9.17, 15) is 9.90 Å². The summed E-state index contributed by atoms with van der Waals surface area (Å²) in [6.45, 7) is 5.10. The maximum atomic E-state index is 11.7. The van der Waals surface area contributed by atoms with Crippen molar-refractivity contribution in [3.05, 3.63) is 0 Å². The highest BCUT2D eigenvalue weighted by Crippen LogP contribution is 2.32. The second-order valence-electron chi connectivity index (χ2n) is 6.38. The molecular formula is C15H28N2O3. The zero-order valence-electron chi connectivity index (χ0n) is 12.7. The van der Waals surface area contributed by atoms with Crippen LogP contribution >= 0.6 is 0 Å². The predicted molar refractivity (Wildman–Crippen MR) is 77.4 cm³/mol. The molecule has 1 aliphatic heterocycles. The van der Waals surface area contributed by atoms with E-state index < -0.39 is 5.60 Å². The third-order valence-corrected chi connectivity index (χ3v) is 4.65. The summed E-state index contributed by atoms with van der Waals surface area (Å²) in [6, 6.07) is 0.492. The molecule has 5 nitrogen and oxygen atoms in total. The first-order chi connectivity index (χ1) is 9.52. The normalized spacial score (nSPS) is 35.1. The third kappa shape index (κ3) is 4.17. The maximum absolute atomic E-state index is 11.7. The summed E-state index contributed by atoms with van der Waals surface area (Å²) in [6.07, 6.45) is 4.00. The number of rotatable bonds is 5. The fourth-order valence-electron chi connectivity index (χ4n) is 3.26. The fraction of sp³-hybridized carbons (Fsp3) is 0.933. The first-order valence-electron chi connectivity index (χ1n) is 7.83. The van der Waals surface area contributed by atoms with Gasteiger partial charge < -0.3 is 20.1 Å². The summed E-state index contributed by atoms with van der Waals surface area (Å²) >= 11 is 0. The Labute approximate surface area is 121 Å². The molecule has 2 fully saturated rings. The van der Waals surface area contributed by atoms with Crippen molar-refractivity contribution in [2.24, 2.45) is 5.92 Å². The monoisotopic (exact) mass is 284 g/mol. The van der Waals surface area contributed by atoms with E-state index in [2.05, 4.69) is 17.3 Å². The van der Waals surface area contributed by atoms with Gasteiger partial charge in [0.15, 0.2) is 0 Å². The number of ether oxygens (including phenoxy) is 1. The predicted octanol–water partition coefficient (Wildman–Crippen LogP) is 0.765. The molecule has 5 heteroatoms. The number of carbonyl (C=O) groups is 1. The van der Waals surface area contributed by atoms with Crippen molar-refractivity contribution in [1.29, 1.82) is 0 Å². The molecule has 0 aromatic carbocycles. The number of carbonyl (C=O) groups excluding carboxylic acids is 1. The Morgan fingerprint density at radius 1 is 1.40 bits per heavy atom. The quantitative estimate of drug-likeness (QED) is 0.730. The molecule has 0 aromatic heterocycles. The van der Waals surface area contributed by atoms with Crippen LogP contribution in [0.5, 0.6) is 0 Å². The van der Waals surface area contributed by atoms with Crippen molar-refractivity contribution in [3.63, 3.8) is 0 Å². The van der Waals surface area contributed by atoms with Crippen molar-refractivity contribution in [3.8, 4) is 0 Å². The van der Waals surface area contributed by atoms with Crippen molar-refractivity contribution in [1.82, 2.24) is 10.2 Å². The molecule has 0 amide bonds. The van der Waals surface area contributed by atoms with E-state index in [-0.39, 0.29) is 11.9 Å². The molecule has 2 N–H and O–H groups in total. The van der Waals surface area contributed by atoms with Crippen LogP contribution in [0, 0.1) is 5.92 Å². The van der Waals surface area contributed by atoms with Gasteiger partial charge in [-0.2, -0.15) is 0 Å². The van der Waals surface area contributed by atoms with E-state index in [4.69, 9.17) is 4.74 Å². The van der Waals surface area contributed by atoms with Gasteiger partial charge in [-0.15, -0.1) is 0 Å². The van der Waals surface area contributed by atoms with E-state index in [0.717, 1.165) is 32.4 Å². The highest BCUT2D eigenvalue weighted by molar-refractivity contribution is 5.72. The summed E-state index contributed by atoms with van der Waals surface area (Å²) in [7, 11) is 2.13.